The van der Waals surface area contributed by atoms with Crippen molar-refractivity contribution in [3.8, 4) is 0 Å². The smallest absolute Gasteiger partial charge is 0.291 e. The van der Waals surface area contributed by atoms with E-state index in [1.807, 2.05) is 51.1 Å². The van der Waals surface area contributed by atoms with Crippen molar-refractivity contribution in [1.82, 2.24) is 9.97 Å². The van der Waals surface area contributed by atoms with Crippen LogP contribution < -0.4 is 5.32 Å². The standard InChI is InChI=1S/C18H17N3O2S/c1-11-8-9-23-16(11)17(22)21-14-4-6-15(7-5-14)24-18-19-12(2)10-13(3)20-18/h4-10H,1-3H3,(H,21,22). The van der Waals surface area contributed by atoms with Gasteiger partial charge in [0.05, 0.1) is 6.26 Å². The first-order valence-corrected chi connectivity index (χ1v) is 8.28. The van der Waals surface area contributed by atoms with E-state index in [-0.39, 0.29) is 5.91 Å². The van der Waals surface area contributed by atoms with Crippen LogP contribution in [0.5, 0.6) is 0 Å². The van der Waals surface area contributed by atoms with Crippen molar-refractivity contribution >= 4 is 23.4 Å². The summed E-state index contributed by atoms with van der Waals surface area (Å²) in [7, 11) is 0. The van der Waals surface area contributed by atoms with E-state index in [1.54, 1.807) is 6.07 Å². The molecule has 0 radical (unpaired) electrons. The van der Waals surface area contributed by atoms with Crippen molar-refractivity contribution in [3.05, 3.63) is 65.4 Å². The highest BCUT2D eigenvalue weighted by Crippen LogP contribution is 2.26. The maximum absolute atomic E-state index is 12.1. The summed E-state index contributed by atoms with van der Waals surface area (Å²) in [5.74, 6) is 0.0765. The molecule has 1 N–H and O–H groups in total. The summed E-state index contributed by atoms with van der Waals surface area (Å²) in [6, 6.07) is 11.3. The third-order valence-corrected chi connectivity index (χ3v) is 4.22. The van der Waals surface area contributed by atoms with Gasteiger partial charge in [0.1, 0.15) is 0 Å². The van der Waals surface area contributed by atoms with E-state index in [0.717, 1.165) is 27.0 Å². The number of benzene rings is 1. The summed E-state index contributed by atoms with van der Waals surface area (Å²) in [6.45, 7) is 5.74. The van der Waals surface area contributed by atoms with Crippen LogP contribution in [-0.4, -0.2) is 15.9 Å². The van der Waals surface area contributed by atoms with Gasteiger partial charge in [-0.15, -0.1) is 0 Å². The van der Waals surface area contributed by atoms with Crippen LogP contribution in [-0.2, 0) is 0 Å². The Hall–Kier alpha value is -2.60. The number of aryl methyl sites for hydroxylation is 3. The normalized spacial score (nSPS) is 10.6. The van der Waals surface area contributed by atoms with Gasteiger partial charge in [-0.05, 0) is 68.9 Å². The van der Waals surface area contributed by atoms with Crippen LogP contribution in [0.4, 0.5) is 5.69 Å². The molecule has 0 aliphatic carbocycles. The average Bonchev–Trinajstić information content (AvgIpc) is 2.94. The summed E-state index contributed by atoms with van der Waals surface area (Å²) in [6.07, 6.45) is 1.51. The third kappa shape index (κ3) is 3.83. The van der Waals surface area contributed by atoms with Crippen LogP contribution >= 0.6 is 11.8 Å². The molecule has 0 unspecified atom stereocenters. The SMILES string of the molecule is Cc1cc(C)nc(Sc2ccc(NC(=O)c3occc3C)cc2)n1. The third-order valence-electron chi connectivity index (χ3n) is 3.35. The lowest BCUT2D eigenvalue weighted by Crippen LogP contribution is -2.11. The number of nitrogens with zero attached hydrogens (tertiary/aromatic N) is 2. The molecule has 0 aliphatic heterocycles. The topological polar surface area (TPSA) is 68.0 Å². The maximum Gasteiger partial charge on any atom is 0.291 e. The summed E-state index contributed by atoms with van der Waals surface area (Å²) in [5.41, 5.74) is 3.42. The second kappa shape index (κ2) is 6.88. The van der Waals surface area contributed by atoms with Gasteiger partial charge in [-0.25, -0.2) is 9.97 Å². The first kappa shape index (κ1) is 16.3. The molecule has 0 aliphatic rings. The number of hydrogen-bond donors (Lipinski definition) is 1. The summed E-state index contributed by atoms with van der Waals surface area (Å²) in [5, 5.41) is 3.54. The number of amides is 1. The number of furan rings is 1. The average molecular weight is 339 g/mol. The van der Waals surface area contributed by atoms with Gasteiger partial charge in [0, 0.05) is 27.5 Å². The molecule has 0 spiro atoms. The lowest BCUT2D eigenvalue weighted by atomic mass is 10.2. The molecule has 3 rings (SSSR count). The minimum atomic E-state index is -0.254. The van der Waals surface area contributed by atoms with Crippen molar-refractivity contribution in [1.29, 1.82) is 0 Å². The number of carbonyl (C=O) groups excluding carboxylic acids is 1. The monoisotopic (exact) mass is 339 g/mol. The second-order valence-corrected chi connectivity index (χ2v) is 6.49. The van der Waals surface area contributed by atoms with E-state index in [4.69, 9.17) is 4.42 Å². The van der Waals surface area contributed by atoms with E-state index >= 15 is 0 Å². The molecular weight excluding hydrogens is 322 g/mol. The molecule has 2 heterocycles. The lowest BCUT2D eigenvalue weighted by Gasteiger charge is -2.06. The van der Waals surface area contributed by atoms with Crippen molar-refractivity contribution in [3.63, 3.8) is 0 Å². The highest BCUT2D eigenvalue weighted by atomic mass is 32.2. The van der Waals surface area contributed by atoms with E-state index in [1.165, 1.54) is 18.0 Å². The molecule has 0 fully saturated rings. The van der Waals surface area contributed by atoms with Gasteiger partial charge in [-0.3, -0.25) is 4.79 Å². The largest absolute Gasteiger partial charge is 0.459 e. The van der Waals surface area contributed by atoms with Gasteiger partial charge in [0.2, 0.25) is 0 Å². The molecule has 1 amide bonds. The van der Waals surface area contributed by atoms with Gasteiger partial charge >= 0.3 is 0 Å². The summed E-state index contributed by atoms with van der Waals surface area (Å²) >= 11 is 1.49. The molecule has 0 atom stereocenters. The minimum absolute atomic E-state index is 0.254. The van der Waals surface area contributed by atoms with Crippen LogP contribution in [0.3, 0.4) is 0 Å². The minimum Gasteiger partial charge on any atom is -0.459 e. The summed E-state index contributed by atoms with van der Waals surface area (Å²) < 4.78 is 5.19. The number of aromatic nitrogens is 2. The molecule has 6 heteroatoms. The fraction of sp³-hybridized carbons (Fsp3) is 0.167. The van der Waals surface area contributed by atoms with Gasteiger partial charge < -0.3 is 9.73 Å². The van der Waals surface area contributed by atoms with Crippen LogP contribution in [0.2, 0.25) is 0 Å². The van der Waals surface area contributed by atoms with Crippen molar-refractivity contribution in [2.75, 3.05) is 5.32 Å². The second-order valence-electron chi connectivity index (χ2n) is 5.45. The van der Waals surface area contributed by atoms with E-state index in [0.29, 0.717) is 11.4 Å². The Labute approximate surface area is 144 Å². The van der Waals surface area contributed by atoms with Gasteiger partial charge in [-0.2, -0.15) is 0 Å². The zero-order valence-electron chi connectivity index (χ0n) is 13.7. The predicted octanol–water partition coefficient (Wildman–Crippen LogP) is 4.40. The maximum atomic E-state index is 12.1. The molecule has 24 heavy (non-hydrogen) atoms. The first-order chi connectivity index (χ1) is 11.5. The Morgan fingerprint density at radius 3 is 2.29 bits per heavy atom. The number of carbonyl (C=O) groups is 1. The van der Waals surface area contributed by atoms with Crippen LogP contribution in [0.25, 0.3) is 0 Å². The van der Waals surface area contributed by atoms with Crippen molar-refractivity contribution in [2.24, 2.45) is 0 Å². The number of hydrogen-bond acceptors (Lipinski definition) is 5. The molecule has 2 aromatic heterocycles. The molecule has 122 valence electrons. The quantitative estimate of drug-likeness (QED) is 0.714. The molecule has 0 saturated carbocycles. The van der Waals surface area contributed by atoms with E-state index in [2.05, 4.69) is 15.3 Å². The van der Waals surface area contributed by atoms with E-state index < -0.39 is 0 Å². The van der Waals surface area contributed by atoms with Crippen LogP contribution in [0.15, 0.2) is 57.1 Å². The summed E-state index contributed by atoms with van der Waals surface area (Å²) in [4.78, 5) is 22.0. The molecular formula is C18H17N3O2S. The van der Waals surface area contributed by atoms with Gasteiger partial charge in [0.25, 0.3) is 5.91 Å². The zero-order chi connectivity index (χ0) is 17.1. The highest BCUT2D eigenvalue weighted by Gasteiger charge is 2.12. The highest BCUT2D eigenvalue weighted by molar-refractivity contribution is 7.99. The molecule has 0 bridgehead atoms. The van der Waals surface area contributed by atoms with Crippen molar-refractivity contribution < 1.29 is 9.21 Å². The van der Waals surface area contributed by atoms with Crippen LogP contribution in [0, 0.1) is 20.8 Å². The van der Waals surface area contributed by atoms with E-state index in [9.17, 15) is 4.79 Å². The number of rotatable bonds is 4. The fourth-order valence-electron chi connectivity index (χ4n) is 2.24. The molecule has 5 nitrogen and oxygen atoms in total. The number of nitrogens with one attached hydrogen (secondary N) is 1. The Bertz CT molecular complexity index is 852. The Morgan fingerprint density at radius 1 is 1.04 bits per heavy atom. The predicted molar refractivity (Wildman–Crippen MR) is 93.5 cm³/mol. The molecule has 1 aromatic carbocycles. The van der Waals surface area contributed by atoms with Crippen molar-refractivity contribution in [2.45, 2.75) is 30.8 Å². The Kier molecular flexibility index (Phi) is 4.66. The van der Waals surface area contributed by atoms with Gasteiger partial charge in [-0.1, -0.05) is 0 Å². The zero-order valence-corrected chi connectivity index (χ0v) is 14.5. The number of anilines is 1. The lowest BCUT2D eigenvalue weighted by molar-refractivity contribution is 0.0996. The Morgan fingerprint density at radius 2 is 1.71 bits per heavy atom. The first-order valence-electron chi connectivity index (χ1n) is 7.47. The van der Waals surface area contributed by atoms with Gasteiger partial charge in [0.15, 0.2) is 10.9 Å². The Balaban J connectivity index is 1.69. The molecule has 0 saturated heterocycles. The van der Waals surface area contributed by atoms with Crippen LogP contribution in [0.1, 0.15) is 27.5 Å². The molecule has 3 aromatic rings. The fourth-order valence-corrected chi connectivity index (χ4v) is 3.11.